The number of halogens is 1. The zero-order valence-electron chi connectivity index (χ0n) is 12.4. The normalized spacial score (nSPS) is 16.5. The minimum Gasteiger partial charge on any atom is -0.495 e. The van der Waals surface area contributed by atoms with Crippen molar-refractivity contribution in [1.29, 1.82) is 0 Å². The van der Waals surface area contributed by atoms with Crippen molar-refractivity contribution in [2.24, 2.45) is 0 Å². The minimum atomic E-state index is -1.01. The van der Waals surface area contributed by atoms with E-state index in [-0.39, 0.29) is 6.54 Å². The first-order valence-electron chi connectivity index (χ1n) is 6.52. The highest BCUT2D eigenvalue weighted by atomic mass is 35.5. The molecule has 0 radical (unpaired) electrons. The number of rotatable bonds is 4. The average molecular weight is 326 g/mol. The topological polar surface area (TPSA) is 87.7 Å². The Balaban J connectivity index is 2.10. The van der Waals surface area contributed by atoms with Crippen LogP contribution >= 0.6 is 11.6 Å². The summed E-state index contributed by atoms with van der Waals surface area (Å²) in [6.07, 6.45) is 0. The van der Waals surface area contributed by atoms with E-state index in [0.29, 0.717) is 16.5 Å². The van der Waals surface area contributed by atoms with Gasteiger partial charge in [-0.25, -0.2) is 4.79 Å². The van der Waals surface area contributed by atoms with Gasteiger partial charge in [0.1, 0.15) is 17.8 Å². The number of ether oxygens (including phenoxy) is 1. The summed E-state index contributed by atoms with van der Waals surface area (Å²) in [6, 6.07) is 4.15. The summed E-state index contributed by atoms with van der Waals surface area (Å²) >= 11 is 5.88. The lowest BCUT2D eigenvalue weighted by atomic mass is 10.1. The molecule has 0 bridgehead atoms. The van der Waals surface area contributed by atoms with Crippen LogP contribution < -0.4 is 15.4 Å². The maximum absolute atomic E-state index is 12.1. The third-order valence-corrected chi connectivity index (χ3v) is 3.42. The average Bonchev–Trinajstić information content (AvgIpc) is 2.61. The Labute approximate surface area is 132 Å². The molecule has 0 aromatic heterocycles. The number of urea groups is 1. The number of hydrogen-bond acceptors (Lipinski definition) is 4. The molecule has 2 rings (SSSR count). The Morgan fingerprint density at radius 1 is 1.41 bits per heavy atom. The Kier molecular flexibility index (Phi) is 4.27. The quantitative estimate of drug-likeness (QED) is 0.823. The van der Waals surface area contributed by atoms with Gasteiger partial charge in [0.2, 0.25) is 5.91 Å². The minimum absolute atomic E-state index is 0.367. The fourth-order valence-electron chi connectivity index (χ4n) is 2.07. The van der Waals surface area contributed by atoms with E-state index in [2.05, 4.69) is 10.6 Å². The lowest BCUT2D eigenvalue weighted by Crippen LogP contribution is -2.41. The molecule has 1 aromatic rings. The summed E-state index contributed by atoms with van der Waals surface area (Å²) < 4.78 is 5.11. The zero-order valence-corrected chi connectivity index (χ0v) is 13.2. The molecule has 118 valence electrons. The van der Waals surface area contributed by atoms with Crippen molar-refractivity contribution < 1.29 is 19.1 Å². The van der Waals surface area contributed by atoms with Crippen LogP contribution in [0.2, 0.25) is 5.02 Å². The fourth-order valence-corrected chi connectivity index (χ4v) is 2.24. The Bertz CT molecular complexity index is 645. The smallest absolute Gasteiger partial charge is 0.325 e. The lowest BCUT2D eigenvalue weighted by molar-refractivity contribution is -0.132. The predicted octanol–water partition coefficient (Wildman–Crippen LogP) is 1.62. The molecule has 1 heterocycles. The highest BCUT2D eigenvalue weighted by molar-refractivity contribution is 6.31. The molecule has 0 atom stereocenters. The number of nitrogens with one attached hydrogen (secondary N) is 2. The van der Waals surface area contributed by atoms with Crippen molar-refractivity contribution in [2.75, 3.05) is 19.0 Å². The summed E-state index contributed by atoms with van der Waals surface area (Å²) in [7, 11) is 1.46. The Morgan fingerprint density at radius 3 is 2.64 bits per heavy atom. The van der Waals surface area contributed by atoms with Gasteiger partial charge in [0.15, 0.2) is 0 Å². The van der Waals surface area contributed by atoms with Gasteiger partial charge in [-0.1, -0.05) is 11.6 Å². The number of imide groups is 1. The molecule has 0 aliphatic carbocycles. The SMILES string of the molecule is COc1ccc(Cl)cc1NC(=O)CN1C(=O)NC(C)(C)C1=O. The number of benzene rings is 1. The highest BCUT2D eigenvalue weighted by Crippen LogP contribution is 2.27. The van der Waals surface area contributed by atoms with Crippen LogP contribution in [0.5, 0.6) is 5.75 Å². The van der Waals surface area contributed by atoms with E-state index in [1.165, 1.54) is 13.2 Å². The molecule has 0 spiro atoms. The third-order valence-electron chi connectivity index (χ3n) is 3.18. The van der Waals surface area contributed by atoms with Crippen LogP contribution in [0.15, 0.2) is 18.2 Å². The number of hydrogen-bond donors (Lipinski definition) is 2. The molecule has 1 aliphatic rings. The lowest BCUT2D eigenvalue weighted by Gasteiger charge is -2.16. The van der Waals surface area contributed by atoms with Crippen molar-refractivity contribution in [3.8, 4) is 5.75 Å². The van der Waals surface area contributed by atoms with Crippen LogP contribution in [0, 0.1) is 0 Å². The molecular weight excluding hydrogens is 310 g/mol. The maximum atomic E-state index is 12.1. The van der Waals surface area contributed by atoms with Gasteiger partial charge >= 0.3 is 6.03 Å². The van der Waals surface area contributed by atoms with Crippen LogP contribution in [-0.2, 0) is 9.59 Å². The predicted molar refractivity (Wildman–Crippen MR) is 81.0 cm³/mol. The van der Waals surface area contributed by atoms with E-state index < -0.39 is 23.4 Å². The summed E-state index contributed by atoms with van der Waals surface area (Å²) in [6.45, 7) is 2.76. The number of anilines is 1. The van der Waals surface area contributed by atoms with E-state index in [0.717, 1.165) is 4.90 Å². The molecule has 1 fully saturated rings. The first-order chi connectivity index (χ1) is 10.2. The van der Waals surface area contributed by atoms with Gasteiger partial charge in [-0.2, -0.15) is 0 Å². The second-order valence-corrected chi connectivity index (χ2v) is 5.78. The number of methoxy groups -OCH3 is 1. The summed E-state index contributed by atoms with van der Waals surface area (Å²) in [4.78, 5) is 36.7. The molecule has 0 unspecified atom stereocenters. The van der Waals surface area contributed by atoms with Crippen molar-refractivity contribution in [3.05, 3.63) is 23.2 Å². The van der Waals surface area contributed by atoms with E-state index >= 15 is 0 Å². The Morgan fingerprint density at radius 2 is 2.09 bits per heavy atom. The van der Waals surface area contributed by atoms with Crippen LogP contribution in [0.1, 0.15) is 13.8 Å². The molecule has 1 aliphatic heterocycles. The number of carbonyl (C=O) groups excluding carboxylic acids is 3. The molecule has 22 heavy (non-hydrogen) atoms. The third kappa shape index (κ3) is 3.14. The molecular formula is C14H16ClN3O4. The van der Waals surface area contributed by atoms with Crippen LogP contribution in [0.25, 0.3) is 0 Å². The highest BCUT2D eigenvalue weighted by Gasteiger charge is 2.44. The zero-order chi connectivity index (χ0) is 16.5. The van der Waals surface area contributed by atoms with Crippen molar-refractivity contribution >= 4 is 35.1 Å². The van der Waals surface area contributed by atoms with E-state index in [1.54, 1.807) is 26.0 Å². The second kappa shape index (κ2) is 5.84. The molecule has 7 nitrogen and oxygen atoms in total. The first kappa shape index (κ1) is 16.1. The van der Waals surface area contributed by atoms with Gasteiger partial charge in [0.05, 0.1) is 12.8 Å². The molecule has 8 heteroatoms. The van der Waals surface area contributed by atoms with Gasteiger partial charge in [-0.15, -0.1) is 0 Å². The molecule has 1 saturated heterocycles. The van der Waals surface area contributed by atoms with Crippen molar-refractivity contribution in [1.82, 2.24) is 10.2 Å². The number of amides is 4. The molecule has 0 saturated carbocycles. The Hall–Kier alpha value is -2.28. The van der Waals surface area contributed by atoms with Gasteiger partial charge < -0.3 is 15.4 Å². The fraction of sp³-hybridized carbons (Fsp3) is 0.357. The van der Waals surface area contributed by atoms with E-state index in [1.807, 2.05) is 0 Å². The first-order valence-corrected chi connectivity index (χ1v) is 6.90. The number of nitrogens with zero attached hydrogens (tertiary/aromatic N) is 1. The second-order valence-electron chi connectivity index (χ2n) is 5.34. The number of carbonyl (C=O) groups is 3. The molecule has 2 N–H and O–H groups in total. The van der Waals surface area contributed by atoms with Crippen LogP contribution in [0.4, 0.5) is 10.5 Å². The van der Waals surface area contributed by atoms with Crippen molar-refractivity contribution in [3.63, 3.8) is 0 Å². The van der Waals surface area contributed by atoms with E-state index in [4.69, 9.17) is 16.3 Å². The standard InChI is InChI=1S/C14H16ClN3O4/c1-14(2)12(20)18(13(21)17-14)7-11(19)16-9-6-8(15)4-5-10(9)22-3/h4-6H,7H2,1-3H3,(H,16,19)(H,17,21). The van der Waals surface area contributed by atoms with Crippen LogP contribution in [0.3, 0.4) is 0 Å². The van der Waals surface area contributed by atoms with Crippen LogP contribution in [-0.4, -0.2) is 41.9 Å². The maximum Gasteiger partial charge on any atom is 0.325 e. The van der Waals surface area contributed by atoms with Gasteiger partial charge in [-0.05, 0) is 32.0 Å². The summed E-state index contributed by atoms with van der Waals surface area (Å²) in [5.74, 6) is -0.553. The van der Waals surface area contributed by atoms with Gasteiger partial charge in [0, 0.05) is 5.02 Å². The molecule has 4 amide bonds. The summed E-state index contributed by atoms with van der Waals surface area (Å²) in [5.41, 5.74) is -0.642. The van der Waals surface area contributed by atoms with Gasteiger partial charge in [-0.3, -0.25) is 14.5 Å². The van der Waals surface area contributed by atoms with Crippen molar-refractivity contribution in [2.45, 2.75) is 19.4 Å². The summed E-state index contributed by atoms with van der Waals surface area (Å²) in [5, 5.41) is 5.50. The van der Waals surface area contributed by atoms with Gasteiger partial charge in [0.25, 0.3) is 5.91 Å². The molecule has 1 aromatic carbocycles. The largest absolute Gasteiger partial charge is 0.495 e. The van der Waals surface area contributed by atoms with E-state index in [9.17, 15) is 14.4 Å². The monoisotopic (exact) mass is 325 g/mol.